The molecular weight excluding hydrogens is 388 g/mol. The third kappa shape index (κ3) is 4.69. The van der Waals surface area contributed by atoms with Crippen LogP contribution < -0.4 is 10.9 Å². The van der Waals surface area contributed by atoms with Crippen molar-refractivity contribution < 1.29 is 13.9 Å². The lowest BCUT2D eigenvalue weighted by atomic mass is 10.1. The van der Waals surface area contributed by atoms with E-state index < -0.39 is 0 Å². The maximum atomic E-state index is 13.0. The van der Waals surface area contributed by atoms with Crippen molar-refractivity contribution in [2.75, 3.05) is 13.2 Å². The predicted molar refractivity (Wildman–Crippen MR) is 114 cm³/mol. The summed E-state index contributed by atoms with van der Waals surface area (Å²) >= 11 is 6.12. The first-order valence-corrected chi connectivity index (χ1v) is 10.1. The first kappa shape index (κ1) is 19.7. The second-order valence-electron chi connectivity index (χ2n) is 7.45. The van der Waals surface area contributed by atoms with Gasteiger partial charge >= 0.3 is 0 Å². The molecule has 1 atom stereocenters. The number of hydrogen-bond donors (Lipinski definition) is 1. The highest BCUT2D eigenvalue weighted by Gasteiger charge is 2.18. The molecule has 3 aromatic rings. The summed E-state index contributed by atoms with van der Waals surface area (Å²) in [5.41, 5.74) is 4.20. The Labute approximate surface area is 174 Å². The van der Waals surface area contributed by atoms with Gasteiger partial charge in [0.1, 0.15) is 11.1 Å². The Morgan fingerprint density at radius 1 is 1.17 bits per heavy atom. The van der Waals surface area contributed by atoms with E-state index in [1.165, 1.54) is 0 Å². The molecule has 150 valence electrons. The molecule has 0 saturated carbocycles. The fourth-order valence-corrected chi connectivity index (χ4v) is 3.77. The third-order valence-corrected chi connectivity index (χ3v) is 5.14. The van der Waals surface area contributed by atoms with Crippen LogP contribution in [0.15, 0.2) is 51.9 Å². The van der Waals surface area contributed by atoms with E-state index in [2.05, 4.69) is 16.4 Å². The monoisotopic (exact) mass is 410 g/mol. The number of carbonyl (C=O) groups is 1. The SMILES string of the molecule is Cc1cc(C)cc(N=c2oc3ccc(Cl)cc3cc2C(=O)NCC2CCCO2)c1. The van der Waals surface area contributed by atoms with Gasteiger partial charge in [-0.3, -0.25) is 4.79 Å². The average Bonchev–Trinajstić information content (AvgIpc) is 3.18. The van der Waals surface area contributed by atoms with E-state index in [0.717, 1.165) is 41.6 Å². The summed E-state index contributed by atoms with van der Waals surface area (Å²) in [5, 5.41) is 4.28. The molecule has 4 rings (SSSR count). The zero-order valence-corrected chi connectivity index (χ0v) is 17.3. The number of nitrogens with one attached hydrogen (secondary N) is 1. The normalized spacial score (nSPS) is 17.1. The number of fused-ring (bicyclic) bond motifs is 1. The number of ether oxygens (including phenoxy) is 1. The zero-order valence-electron chi connectivity index (χ0n) is 16.5. The average molecular weight is 411 g/mol. The lowest BCUT2D eigenvalue weighted by Gasteiger charge is -2.11. The quantitative estimate of drug-likeness (QED) is 0.669. The number of hydrogen-bond acceptors (Lipinski definition) is 4. The van der Waals surface area contributed by atoms with E-state index in [1.807, 2.05) is 26.0 Å². The van der Waals surface area contributed by atoms with Gasteiger partial charge in [-0.25, -0.2) is 4.99 Å². The molecule has 0 spiro atoms. The fourth-order valence-electron chi connectivity index (χ4n) is 3.59. The van der Waals surface area contributed by atoms with Gasteiger partial charge < -0.3 is 14.5 Å². The van der Waals surface area contributed by atoms with Gasteiger partial charge in [0.05, 0.1) is 11.8 Å². The Hall–Kier alpha value is -2.63. The van der Waals surface area contributed by atoms with Gasteiger partial charge in [0.25, 0.3) is 5.91 Å². The van der Waals surface area contributed by atoms with Crippen molar-refractivity contribution in [3.63, 3.8) is 0 Å². The van der Waals surface area contributed by atoms with Gasteiger partial charge in [-0.05, 0) is 74.2 Å². The van der Waals surface area contributed by atoms with Crippen LogP contribution in [0.2, 0.25) is 5.02 Å². The number of carbonyl (C=O) groups excluding carboxylic acids is 1. The molecule has 0 aliphatic carbocycles. The van der Waals surface area contributed by atoms with Gasteiger partial charge in [0.15, 0.2) is 0 Å². The van der Waals surface area contributed by atoms with E-state index in [9.17, 15) is 4.79 Å². The molecule has 6 heteroatoms. The van der Waals surface area contributed by atoms with Crippen molar-refractivity contribution in [1.82, 2.24) is 5.32 Å². The maximum absolute atomic E-state index is 13.0. The molecule has 1 aliphatic heterocycles. The second-order valence-corrected chi connectivity index (χ2v) is 7.89. The van der Waals surface area contributed by atoms with Crippen LogP contribution in [0.4, 0.5) is 5.69 Å². The highest BCUT2D eigenvalue weighted by molar-refractivity contribution is 6.31. The fraction of sp³-hybridized carbons (Fsp3) is 0.304. The Morgan fingerprint density at radius 2 is 1.97 bits per heavy atom. The number of benzene rings is 2. The van der Waals surface area contributed by atoms with E-state index in [0.29, 0.717) is 22.7 Å². The third-order valence-electron chi connectivity index (χ3n) is 4.90. The molecule has 1 saturated heterocycles. The molecule has 2 heterocycles. The largest absolute Gasteiger partial charge is 0.438 e. The van der Waals surface area contributed by atoms with Crippen LogP contribution in [0.1, 0.15) is 34.3 Å². The molecule has 1 unspecified atom stereocenters. The van der Waals surface area contributed by atoms with Crippen molar-refractivity contribution in [3.05, 3.63) is 69.7 Å². The molecule has 0 radical (unpaired) electrons. The summed E-state index contributed by atoms with van der Waals surface area (Å²) in [6.45, 7) is 5.24. The molecule has 29 heavy (non-hydrogen) atoms. The number of aryl methyl sites for hydroxylation is 2. The molecular formula is C23H23ClN2O3. The molecule has 0 bridgehead atoms. The molecule has 1 aromatic heterocycles. The number of rotatable bonds is 4. The lowest BCUT2D eigenvalue weighted by molar-refractivity contribution is 0.0854. The van der Waals surface area contributed by atoms with E-state index in [4.69, 9.17) is 20.8 Å². The van der Waals surface area contributed by atoms with Gasteiger partial charge in [0, 0.05) is 23.6 Å². The second kappa shape index (κ2) is 8.39. The van der Waals surface area contributed by atoms with Crippen LogP contribution in [-0.4, -0.2) is 25.2 Å². The zero-order chi connectivity index (χ0) is 20.4. The number of halogens is 1. The summed E-state index contributed by atoms with van der Waals surface area (Å²) < 4.78 is 11.6. The van der Waals surface area contributed by atoms with Crippen molar-refractivity contribution in [2.45, 2.75) is 32.8 Å². The molecule has 1 amide bonds. The van der Waals surface area contributed by atoms with Gasteiger partial charge in [-0.2, -0.15) is 0 Å². The highest BCUT2D eigenvalue weighted by Crippen LogP contribution is 2.21. The van der Waals surface area contributed by atoms with E-state index in [-0.39, 0.29) is 17.6 Å². The highest BCUT2D eigenvalue weighted by atomic mass is 35.5. The molecule has 1 N–H and O–H groups in total. The van der Waals surface area contributed by atoms with Crippen molar-refractivity contribution in [1.29, 1.82) is 0 Å². The first-order chi connectivity index (χ1) is 14.0. The van der Waals surface area contributed by atoms with Crippen LogP contribution in [-0.2, 0) is 4.74 Å². The minimum absolute atomic E-state index is 0.0607. The van der Waals surface area contributed by atoms with E-state index in [1.54, 1.807) is 24.3 Å². The molecule has 5 nitrogen and oxygen atoms in total. The Balaban J connectivity index is 1.77. The van der Waals surface area contributed by atoms with Crippen LogP contribution >= 0.6 is 11.6 Å². The molecule has 1 fully saturated rings. The maximum Gasteiger partial charge on any atom is 0.256 e. The molecule has 2 aromatic carbocycles. The smallest absolute Gasteiger partial charge is 0.256 e. The van der Waals surface area contributed by atoms with Crippen LogP contribution in [0, 0.1) is 13.8 Å². The molecule has 1 aliphatic rings. The van der Waals surface area contributed by atoms with Crippen molar-refractivity contribution >= 4 is 34.2 Å². The van der Waals surface area contributed by atoms with Gasteiger partial charge in [-0.15, -0.1) is 0 Å². The standard InChI is InChI=1S/C23H23ClN2O3/c1-14-8-15(2)10-18(9-14)26-23-20(22(27)25-13-19-4-3-7-28-19)12-16-11-17(24)5-6-21(16)29-23/h5-6,8-12,19H,3-4,7,13H2,1-2H3,(H,25,27). The van der Waals surface area contributed by atoms with Gasteiger partial charge in [-0.1, -0.05) is 17.7 Å². The first-order valence-electron chi connectivity index (χ1n) is 9.74. The minimum atomic E-state index is -0.241. The van der Waals surface area contributed by atoms with Crippen LogP contribution in [0.3, 0.4) is 0 Å². The van der Waals surface area contributed by atoms with Gasteiger partial charge in [0.2, 0.25) is 5.55 Å². The predicted octanol–water partition coefficient (Wildman–Crippen LogP) is 4.84. The lowest BCUT2D eigenvalue weighted by Crippen LogP contribution is -2.34. The Kier molecular flexibility index (Phi) is 5.69. The number of nitrogens with zero attached hydrogens (tertiary/aromatic N) is 1. The summed E-state index contributed by atoms with van der Waals surface area (Å²) in [6.07, 6.45) is 2.04. The summed E-state index contributed by atoms with van der Waals surface area (Å²) in [4.78, 5) is 17.6. The summed E-state index contributed by atoms with van der Waals surface area (Å²) in [6, 6.07) is 13.1. The Bertz CT molecular complexity index is 1110. The Morgan fingerprint density at radius 3 is 2.69 bits per heavy atom. The van der Waals surface area contributed by atoms with Crippen LogP contribution in [0.5, 0.6) is 0 Å². The minimum Gasteiger partial charge on any atom is -0.438 e. The summed E-state index contributed by atoms with van der Waals surface area (Å²) in [5.74, 6) is -0.241. The van der Waals surface area contributed by atoms with Crippen molar-refractivity contribution in [2.24, 2.45) is 4.99 Å². The van der Waals surface area contributed by atoms with Crippen molar-refractivity contribution in [3.8, 4) is 0 Å². The topological polar surface area (TPSA) is 63.8 Å². The van der Waals surface area contributed by atoms with Crippen LogP contribution in [0.25, 0.3) is 11.0 Å². The number of amides is 1. The van der Waals surface area contributed by atoms with E-state index >= 15 is 0 Å². The summed E-state index contributed by atoms with van der Waals surface area (Å²) in [7, 11) is 0.